The fourth-order valence-corrected chi connectivity index (χ4v) is 3.42. The van der Waals surface area contributed by atoms with Gasteiger partial charge in [-0.15, -0.1) is 0 Å². The minimum Gasteiger partial charge on any atom is -0.387 e. The summed E-state index contributed by atoms with van der Waals surface area (Å²) in [5.74, 6) is -0.324. The molecule has 0 saturated heterocycles. The van der Waals surface area contributed by atoms with Crippen LogP contribution in [-0.4, -0.2) is 19.3 Å². The van der Waals surface area contributed by atoms with E-state index in [2.05, 4.69) is 5.10 Å². The van der Waals surface area contributed by atoms with Crippen LogP contribution < -0.4 is 5.56 Å². The number of aryl methyl sites for hydroxylation is 2. The number of nitrogens with zero attached hydrogens (tertiary/aromatic N) is 3. The van der Waals surface area contributed by atoms with Gasteiger partial charge in [0.25, 0.3) is 5.56 Å². The Labute approximate surface area is 161 Å². The summed E-state index contributed by atoms with van der Waals surface area (Å²) in [6.45, 7) is 4.10. The van der Waals surface area contributed by atoms with Crippen molar-refractivity contribution in [3.05, 3.63) is 93.8 Å². The fraction of sp³-hybridized carbons (Fsp3) is 0.182. The van der Waals surface area contributed by atoms with E-state index < -0.39 is 6.10 Å². The van der Waals surface area contributed by atoms with Gasteiger partial charge in [-0.05, 0) is 55.3 Å². The van der Waals surface area contributed by atoms with Crippen LogP contribution in [0.4, 0.5) is 4.39 Å². The minimum absolute atomic E-state index is 0.149. The van der Waals surface area contributed by atoms with E-state index >= 15 is 0 Å². The molecule has 2 heterocycles. The van der Waals surface area contributed by atoms with Gasteiger partial charge < -0.3 is 9.67 Å². The summed E-state index contributed by atoms with van der Waals surface area (Å²) in [6, 6.07) is 13.5. The lowest BCUT2D eigenvalue weighted by molar-refractivity contribution is 0.154. The normalized spacial score (nSPS) is 12.4. The van der Waals surface area contributed by atoms with Crippen LogP contribution in [0.2, 0.25) is 0 Å². The molecule has 142 valence electrons. The van der Waals surface area contributed by atoms with Gasteiger partial charge in [-0.2, -0.15) is 5.10 Å². The highest BCUT2D eigenvalue weighted by molar-refractivity contribution is 5.65. The third-order valence-electron chi connectivity index (χ3n) is 4.90. The van der Waals surface area contributed by atoms with Crippen LogP contribution >= 0.6 is 0 Å². The molecule has 0 fully saturated rings. The molecule has 1 N–H and O–H groups in total. The summed E-state index contributed by atoms with van der Waals surface area (Å²) in [5.41, 5.74) is 4.39. The monoisotopic (exact) mass is 377 g/mol. The van der Waals surface area contributed by atoms with Crippen molar-refractivity contribution in [3.63, 3.8) is 0 Å². The lowest BCUT2D eigenvalue weighted by Crippen LogP contribution is -2.24. The second-order valence-electron chi connectivity index (χ2n) is 7.00. The highest BCUT2D eigenvalue weighted by Crippen LogP contribution is 2.21. The first-order valence-corrected chi connectivity index (χ1v) is 9.02. The zero-order valence-corrected chi connectivity index (χ0v) is 15.6. The first-order valence-electron chi connectivity index (χ1n) is 9.02. The van der Waals surface area contributed by atoms with Crippen LogP contribution in [0, 0.1) is 19.7 Å². The summed E-state index contributed by atoms with van der Waals surface area (Å²) in [5, 5.41) is 15.0. The SMILES string of the molecule is Cc1ccc(C(O)Cn2ccn3nc(-c4ccc(F)cc4)cc3c2=O)c(C)c1. The van der Waals surface area contributed by atoms with E-state index in [4.69, 9.17) is 0 Å². The Hall–Kier alpha value is -3.25. The number of benzene rings is 2. The molecule has 2 aromatic heterocycles. The molecule has 2 aromatic carbocycles. The van der Waals surface area contributed by atoms with Crippen molar-refractivity contribution in [1.82, 2.24) is 14.2 Å². The number of aliphatic hydroxyl groups is 1. The molecule has 6 heteroatoms. The lowest BCUT2D eigenvalue weighted by atomic mass is 10.0. The van der Waals surface area contributed by atoms with Gasteiger partial charge in [-0.3, -0.25) is 4.79 Å². The molecule has 0 aliphatic carbocycles. The van der Waals surface area contributed by atoms with Gasteiger partial charge in [0, 0.05) is 18.0 Å². The molecule has 0 saturated carbocycles. The molecule has 0 radical (unpaired) electrons. The topological polar surface area (TPSA) is 59.5 Å². The van der Waals surface area contributed by atoms with Crippen molar-refractivity contribution in [2.75, 3.05) is 0 Å². The van der Waals surface area contributed by atoms with Crippen molar-refractivity contribution >= 4 is 5.52 Å². The zero-order valence-electron chi connectivity index (χ0n) is 15.6. The second-order valence-corrected chi connectivity index (χ2v) is 7.00. The summed E-state index contributed by atoms with van der Waals surface area (Å²) in [6.07, 6.45) is 2.50. The van der Waals surface area contributed by atoms with Gasteiger partial charge in [0.05, 0.1) is 18.3 Å². The van der Waals surface area contributed by atoms with Gasteiger partial charge in [-0.25, -0.2) is 8.91 Å². The number of aliphatic hydroxyl groups excluding tert-OH is 1. The molecular weight excluding hydrogens is 357 g/mol. The average molecular weight is 377 g/mol. The third-order valence-corrected chi connectivity index (χ3v) is 4.90. The molecule has 4 rings (SSSR count). The maximum absolute atomic E-state index is 13.1. The van der Waals surface area contributed by atoms with Crippen LogP contribution in [0.25, 0.3) is 16.8 Å². The van der Waals surface area contributed by atoms with E-state index in [1.807, 2.05) is 32.0 Å². The molecule has 0 spiro atoms. The Morgan fingerprint density at radius 1 is 1.07 bits per heavy atom. The quantitative estimate of drug-likeness (QED) is 0.591. The zero-order chi connectivity index (χ0) is 19.8. The molecule has 4 aromatic rings. The number of fused-ring (bicyclic) bond motifs is 1. The summed E-state index contributed by atoms with van der Waals surface area (Å²) in [4.78, 5) is 12.9. The predicted octanol–water partition coefficient (Wildman–Crippen LogP) is 3.65. The smallest absolute Gasteiger partial charge is 0.276 e. The van der Waals surface area contributed by atoms with Crippen LogP contribution in [0.5, 0.6) is 0 Å². The number of hydrogen-bond donors (Lipinski definition) is 1. The summed E-state index contributed by atoms with van der Waals surface area (Å²) < 4.78 is 16.1. The Kier molecular flexibility index (Phi) is 4.57. The average Bonchev–Trinajstić information content (AvgIpc) is 3.09. The van der Waals surface area contributed by atoms with Gasteiger partial charge in [0.2, 0.25) is 0 Å². The first-order chi connectivity index (χ1) is 13.4. The van der Waals surface area contributed by atoms with E-state index in [-0.39, 0.29) is 17.9 Å². The molecule has 0 bridgehead atoms. The van der Waals surface area contributed by atoms with Crippen LogP contribution in [0.15, 0.2) is 65.7 Å². The van der Waals surface area contributed by atoms with Crippen LogP contribution in [-0.2, 0) is 6.54 Å². The van der Waals surface area contributed by atoms with Gasteiger partial charge in [0.15, 0.2) is 0 Å². The summed E-state index contributed by atoms with van der Waals surface area (Å²) >= 11 is 0. The molecule has 0 aliphatic heterocycles. The van der Waals surface area contributed by atoms with Crippen LogP contribution in [0.3, 0.4) is 0 Å². The maximum Gasteiger partial charge on any atom is 0.276 e. The number of aromatic nitrogens is 3. The third kappa shape index (κ3) is 3.34. The fourth-order valence-electron chi connectivity index (χ4n) is 3.42. The van der Waals surface area contributed by atoms with E-state index in [9.17, 15) is 14.3 Å². The molecule has 28 heavy (non-hydrogen) atoms. The van der Waals surface area contributed by atoms with Crippen molar-refractivity contribution in [2.24, 2.45) is 0 Å². The van der Waals surface area contributed by atoms with Crippen molar-refractivity contribution in [1.29, 1.82) is 0 Å². The molecule has 0 aliphatic rings. The number of hydrogen-bond acceptors (Lipinski definition) is 3. The lowest BCUT2D eigenvalue weighted by Gasteiger charge is -2.16. The number of rotatable bonds is 4. The Morgan fingerprint density at radius 3 is 2.54 bits per heavy atom. The standard InChI is InChI=1S/C22H20FN3O2/c1-14-3-8-18(15(2)11-14)21(27)13-25-9-10-26-20(22(25)28)12-19(24-26)16-4-6-17(23)7-5-16/h3-12,21,27H,13H2,1-2H3. The van der Waals surface area contributed by atoms with E-state index in [1.54, 1.807) is 30.6 Å². The second kappa shape index (κ2) is 7.05. The molecular formula is C22H20FN3O2. The van der Waals surface area contributed by atoms with Crippen LogP contribution in [0.1, 0.15) is 22.8 Å². The van der Waals surface area contributed by atoms with E-state index in [0.29, 0.717) is 11.2 Å². The van der Waals surface area contributed by atoms with Gasteiger partial charge >= 0.3 is 0 Å². The molecule has 0 amide bonds. The first kappa shape index (κ1) is 18.1. The highest BCUT2D eigenvalue weighted by Gasteiger charge is 2.14. The molecule has 1 unspecified atom stereocenters. The molecule has 1 atom stereocenters. The summed E-state index contributed by atoms with van der Waals surface area (Å²) in [7, 11) is 0. The number of halogens is 1. The van der Waals surface area contributed by atoms with E-state index in [1.165, 1.54) is 21.2 Å². The highest BCUT2D eigenvalue weighted by atomic mass is 19.1. The van der Waals surface area contributed by atoms with Gasteiger partial charge in [0.1, 0.15) is 11.3 Å². The van der Waals surface area contributed by atoms with Crippen molar-refractivity contribution in [3.8, 4) is 11.3 Å². The largest absolute Gasteiger partial charge is 0.387 e. The molecule has 5 nitrogen and oxygen atoms in total. The van der Waals surface area contributed by atoms with E-state index in [0.717, 1.165) is 22.3 Å². The van der Waals surface area contributed by atoms with Crippen molar-refractivity contribution < 1.29 is 9.50 Å². The minimum atomic E-state index is -0.791. The predicted molar refractivity (Wildman–Crippen MR) is 106 cm³/mol. The Balaban J connectivity index is 1.68. The Bertz CT molecular complexity index is 1210. The Morgan fingerprint density at radius 2 is 1.82 bits per heavy atom. The van der Waals surface area contributed by atoms with Crippen molar-refractivity contribution in [2.45, 2.75) is 26.5 Å². The van der Waals surface area contributed by atoms with Gasteiger partial charge in [-0.1, -0.05) is 23.8 Å². The maximum atomic E-state index is 13.1.